The third-order valence-electron chi connectivity index (χ3n) is 1.80. The molecule has 0 spiro atoms. The average molecular weight is 204 g/mol. The van der Waals surface area contributed by atoms with Crippen LogP contribution < -0.4 is 0 Å². The van der Waals surface area contributed by atoms with Crippen molar-refractivity contribution in [2.45, 2.75) is 52.9 Å². The van der Waals surface area contributed by atoms with E-state index in [1.54, 1.807) is 20.8 Å². The Morgan fingerprint density at radius 1 is 1.36 bits per heavy atom. The van der Waals surface area contributed by atoms with Gasteiger partial charge in [-0.1, -0.05) is 34.1 Å². The lowest BCUT2D eigenvalue weighted by Crippen LogP contribution is -2.35. The van der Waals surface area contributed by atoms with Crippen LogP contribution in [-0.4, -0.2) is 28.6 Å². The minimum atomic E-state index is -1.18. The van der Waals surface area contributed by atoms with Crippen LogP contribution in [0.2, 0.25) is 0 Å². The maximum absolute atomic E-state index is 11.2. The number of ether oxygens (including phenoxy) is 1. The SMILES string of the molecule is CCCC(O)C(=O)OC(O)C(C)(C)C. The molecule has 0 rings (SSSR count). The second-order valence-electron chi connectivity index (χ2n) is 4.46. The fourth-order valence-electron chi connectivity index (χ4n) is 0.757. The zero-order valence-electron chi connectivity index (χ0n) is 9.28. The summed E-state index contributed by atoms with van der Waals surface area (Å²) in [6.07, 6.45) is -1.25. The highest BCUT2D eigenvalue weighted by molar-refractivity contribution is 5.74. The summed E-state index contributed by atoms with van der Waals surface area (Å²) in [7, 11) is 0. The second-order valence-corrected chi connectivity index (χ2v) is 4.46. The molecular weight excluding hydrogens is 184 g/mol. The lowest BCUT2D eigenvalue weighted by molar-refractivity contribution is -0.195. The standard InChI is InChI=1S/C10H20O4/c1-5-6-7(11)8(12)14-9(13)10(2,3)4/h7,9,11,13H,5-6H2,1-4H3. The second kappa shape index (κ2) is 5.32. The molecule has 0 aliphatic carbocycles. The number of aliphatic hydroxyl groups is 2. The highest BCUT2D eigenvalue weighted by Gasteiger charge is 2.28. The van der Waals surface area contributed by atoms with Gasteiger partial charge in [0, 0.05) is 5.41 Å². The Morgan fingerprint density at radius 3 is 2.21 bits per heavy atom. The van der Waals surface area contributed by atoms with Crippen LogP contribution in [0.15, 0.2) is 0 Å². The zero-order chi connectivity index (χ0) is 11.4. The monoisotopic (exact) mass is 204 g/mol. The van der Waals surface area contributed by atoms with Crippen LogP contribution in [-0.2, 0) is 9.53 Å². The molecule has 0 amide bonds. The van der Waals surface area contributed by atoms with Crippen molar-refractivity contribution in [1.29, 1.82) is 0 Å². The van der Waals surface area contributed by atoms with E-state index < -0.39 is 23.8 Å². The van der Waals surface area contributed by atoms with E-state index in [4.69, 9.17) is 4.74 Å². The van der Waals surface area contributed by atoms with Gasteiger partial charge in [-0.05, 0) is 6.42 Å². The Balaban J connectivity index is 4.06. The van der Waals surface area contributed by atoms with Crippen molar-refractivity contribution >= 4 is 5.97 Å². The first kappa shape index (κ1) is 13.4. The first-order valence-electron chi connectivity index (χ1n) is 4.85. The normalized spacial score (nSPS) is 16.1. The summed E-state index contributed by atoms with van der Waals surface area (Å²) in [6.45, 7) is 7.10. The maximum atomic E-state index is 11.2. The molecule has 0 radical (unpaired) electrons. The number of rotatable bonds is 4. The zero-order valence-corrected chi connectivity index (χ0v) is 9.28. The smallest absolute Gasteiger partial charge is 0.337 e. The number of aliphatic hydroxyl groups excluding tert-OH is 2. The van der Waals surface area contributed by atoms with Gasteiger partial charge < -0.3 is 14.9 Å². The lowest BCUT2D eigenvalue weighted by atomic mass is 9.96. The first-order valence-corrected chi connectivity index (χ1v) is 4.85. The Kier molecular flexibility index (Phi) is 5.08. The van der Waals surface area contributed by atoms with Gasteiger partial charge in [0.1, 0.15) is 0 Å². The third kappa shape index (κ3) is 4.58. The molecule has 84 valence electrons. The van der Waals surface area contributed by atoms with Crippen LogP contribution >= 0.6 is 0 Å². The van der Waals surface area contributed by atoms with Gasteiger partial charge in [0.15, 0.2) is 6.10 Å². The summed E-state index contributed by atoms with van der Waals surface area (Å²) in [4.78, 5) is 11.2. The quantitative estimate of drug-likeness (QED) is 0.530. The van der Waals surface area contributed by atoms with Crippen molar-refractivity contribution in [3.63, 3.8) is 0 Å². The van der Waals surface area contributed by atoms with Gasteiger partial charge in [0.2, 0.25) is 6.29 Å². The molecule has 0 bridgehead atoms. The molecular formula is C10H20O4. The van der Waals surface area contributed by atoms with E-state index in [0.717, 1.165) is 0 Å². The minimum Gasteiger partial charge on any atom is -0.433 e. The van der Waals surface area contributed by atoms with Crippen LogP contribution in [0.5, 0.6) is 0 Å². The summed E-state index contributed by atoms with van der Waals surface area (Å²) >= 11 is 0. The Bertz CT molecular complexity index is 183. The van der Waals surface area contributed by atoms with E-state index in [2.05, 4.69) is 0 Å². The van der Waals surface area contributed by atoms with E-state index >= 15 is 0 Å². The van der Waals surface area contributed by atoms with E-state index in [1.165, 1.54) is 0 Å². The summed E-state index contributed by atoms with van der Waals surface area (Å²) in [5.74, 6) is -0.755. The molecule has 0 saturated carbocycles. The summed E-state index contributed by atoms with van der Waals surface area (Å²) in [5, 5.41) is 18.7. The van der Waals surface area contributed by atoms with E-state index in [0.29, 0.717) is 12.8 Å². The predicted octanol–water partition coefficient (Wildman–Crippen LogP) is 1.06. The summed E-state index contributed by atoms with van der Waals surface area (Å²) in [6, 6.07) is 0. The number of esters is 1. The molecule has 0 saturated heterocycles. The van der Waals surface area contributed by atoms with Crippen molar-refractivity contribution < 1.29 is 19.7 Å². The molecule has 2 atom stereocenters. The van der Waals surface area contributed by atoms with Gasteiger partial charge in [0.05, 0.1) is 0 Å². The average Bonchev–Trinajstić information content (AvgIpc) is 2.02. The van der Waals surface area contributed by atoms with E-state index in [1.807, 2.05) is 6.92 Å². The fourth-order valence-corrected chi connectivity index (χ4v) is 0.757. The molecule has 2 N–H and O–H groups in total. The highest BCUT2D eigenvalue weighted by Crippen LogP contribution is 2.20. The molecule has 0 fully saturated rings. The molecule has 0 aromatic heterocycles. The molecule has 0 aliphatic rings. The number of carbonyl (C=O) groups is 1. The minimum absolute atomic E-state index is 0.357. The molecule has 4 nitrogen and oxygen atoms in total. The topological polar surface area (TPSA) is 66.8 Å². The Morgan fingerprint density at radius 2 is 1.86 bits per heavy atom. The molecule has 0 aliphatic heterocycles. The van der Waals surface area contributed by atoms with E-state index in [-0.39, 0.29) is 0 Å². The largest absolute Gasteiger partial charge is 0.433 e. The number of hydrogen-bond donors (Lipinski definition) is 2. The van der Waals surface area contributed by atoms with Crippen molar-refractivity contribution in [3.8, 4) is 0 Å². The molecule has 0 aromatic rings. The number of carbonyl (C=O) groups excluding carboxylic acids is 1. The first-order chi connectivity index (χ1) is 6.29. The van der Waals surface area contributed by atoms with Crippen LogP contribution in [0.4, 0.5) is 0 Å². The summed E-state index contributed by atoms with van der Waals surface area (Å²) < 4.78 is 4.70. The van der Waals surface area contributed by atoms with Crippen LogP contribution in [0, 0.1) is 5.41 Å². The molecule has 2 unspecified atom stereocenters. The van der Waals surface area contributed by atoms with Gasteiger partial charge in [-0.3, -0.25) is 0 Å². The van der Waals surface area contributed by atoms with Crippen LogP contribution in [0.1, 0.15) is 40.5 Å². The Labute approximate surface area is 84.9 Å². The lowest BCUT2D eigenvalue weighted by Gasteiger charge is -2.26. The van der Waals surface area contributed by atoms with Gasteiger partial charge in [-0.2, -0.15) is 0 Å². The van der Waals surface area contributed by atoms with Gasteiger partial charge in [-0.25, -0.2) is 4.79 Å². The van der Waals surface area contributed by atoms with E-state index in [9.17, 15) is 15.0 Å². The molecule has 0 aromatic carbocycles. The fraction of sp³-hybridized carbons (Fsp3) is 0.900. The van der Waals surface area contributed by atoms with Crippen LogP contribution in [0.3, 0.4) is 0 Å². The van der Waals surface area contributed by atoms with Crippen LogP contribution in [0.25, 0.3) is 0 Å². The van der Waals surface area contributed by atoms with Crippen molar-refractivity contribution in [2.24, 2.45) is 5.41 Å². The highest BCUT2D eigenvalue weighted by atomic mass is 16.6. The van der Waals surface area contributed by atoms with Gasteiger partial charge >= 0.3 is 5.97 Å². The summed E-state index contributed by atoms with van der Waals surface area (Å²) in [5.41, 5.74) is -0.526. The predicted molar refractivity (Wildman–Crippen MR) is 52.5 cm³/mol. The Hall–Kier alpha value is -0.610. The van der Waals surface area contributed by atoms with Gasteiger partial charge in [-0.15, -0.1) is 0 Å². The maximum Gasteiger partial charge on any atom is 0.337 e. The third-order valence-corrected chi connectivity index (χ3v) is 1.80. The van der Waals surface area contributed by atoms with Crippen molar-refractivity contribution in [3.05, 3.63) is 0 Å². The van der Waals surface area contributed by atoms with Gasteiger partial charge in [0.25, 0.3) is 0 Å². The molecule has 0 heterocycles. The van der Waals surface area contributed by atoms with Crippen molar-refractivity contribution in [2.75, 3.05) is 0 Å². The number of hydrogen-bond acceptors (Lipinski definition) is 4. The molecule has 4 heteroatoms. The molecule has 14 heavy (non-hydrogen) atoms. The van der Waals surface area contributed by atoms with Crippen molar-refractivity contribution in [1.82, 2.24) is 0 Å².